The van der Waals surface area contributed by atoms with Crippen molar-refractivity contribution in [1.29, 1.82) is 0 Å². The lowest BCUT2D eigenvalue weighted by Gasteiger charge is -2.03. The lowest BCUT2D eigenvalue weighted by atomic mass is 10.0. The van der Waals surface area contributed by atoms with Gasteiger partial charge in [0.15, 0.2) is 5.78 Å². The van der Waals surface area contributed by atoms with E-state index in [1.165, 1.54) is 11.3 Å². The fraction of sp³-hybridized carbons (Fsp3) is 0.444. The molecular formula is C9H11BrOS. The van der Waals surface area contributed by atoms with Gasteiger partial charge < -0.3 is 0 Å². The van der Waals surface area contributed by atoms with Crippen LogP contribution in [0.1, 0.15) is 29.9 Å². The topological polar surface area (TPSA) is 17.1 Å². The fourth-order valence-electron chi connectivity index (χ4n) is 0.871. The summed E-state index contributed by atoms with van der Waals surface area (Å²) in [7, 11) is 0. The summed E-state index contributed by atoms with van der Waals surface area (Å²) >= 11 is 4.83. The van der Waals surface area contributed by atoms with Crippen LogP contribution in [-0.2, 0) is 0 Å². The molecule has 1 unspecified atom stereocenters. The van der Waals surface area contributed by atoms with Gasteiger partial charge in [-0.2, -0.15) is 0 Å². The molecule has 0 spiro atoms. The second kappa shape index (κ2) is 4.19. The molecule has 1 atom stereocenters. The predicted octanol–water partition coefficient (Wildman–Crippen LogP) is 3.74. The molecular weight excluding hydrogens is 236 g/mol. The molecule has 0 fully saturated rings. The third-order valence-corrected chi connectivity index (χ3v) is 3.58. The van der Waals surface area contributed by atoms with E-state index < -0.39 is 0 Å². The molecule has 0 radical (unpaired) electrons. The van der Waals surface area contributed by atoms with Crippen LogP contribution in [-0.4, -0.2) is 5.78 Å². The van der Waals surface area contributed by atoms with Gasteiger partial charge in [-0.15, -0.1) is 11.3 Å². The number of carbonyl (C=O) groups excluding carboxylic acids is 1. The summed E-state index contributed by atoms with van der Waals surface area (Å²) in [5.74, 6) is 0.406. The Balaban J connectivity index is 2.78. The van der Waals surface area contributed by atoms with Gasteiger partial charge in [-0.05, 0) is 28.4 Å². The van der Waals surface area contributed by atoms with E-state index in [4.69, 9.17) is 0 Å². The van der Waals surface area contributed by atoms with Crippen molar-refractivity contribution >= 4 is 33.0 Å². The lowest BCUT2D eigenvalue weighted by Crippen LogP contribution is -2.07. The van der Waals surface area contributed by atoms with Gasteiger partial charge in [0.05, 0.1) is 4.88 Å². The van der Waals surface area contributed by atoms with Crippen LogP contribution in [0.3, 0.4) is 0 Å². The van der Waals surface area contributed by atoms with Crippen molar-refractivity contribution in [1.82, 2.24) is 0 Å². The Morgan fingerprint density at radius 2 is 2.42 bits per heavy atom. The van der Waals surface area contributed by atoms with Crippen LogP contribution in [0.4, 0.5) is 0 Å². The molecule has 66 valence electrons. The van der Waals surface area contributed by atoms with Gasteiger partial charge in [-0.1, -0.05) is 13.8 Å². The van der Waals surface area contributed by atoms with Crippen molar-refractivity contribution in [2.75, 3.05) is 0 Å². The smallest absolute Gasteiger partial charge is 0.175 e. The molecule has 0 saturated carbocycles. The molecule has 0 aromatic carbocycles. The van der Waals surface area contributed by atoms with Crippen molar-refractivity contribution in [3.8, 4) is 0 Å². The highest BCUT2D eigenvalue weighted by Gasteiger charge is 2.14. The second-order valence-corrected chi connectivity index (χ2v) is 4.63. The highest BCUT2D eigenvalue weighted by molar-refractivity contribution is 9.10. The number of ketones is 1. The average Bonchev–Trinajstić information content (AvgIpc) is 2.49. The maximum Gasteiger partial charge on any atom is 0.175 e. The molecule has 0 aliphatic carbocycles. The van der Waals surface area contributed by atoms with Crippen LogP contribution in [0.15, 0.2) is 15.9 Å². The Morgan fingerprint density at radius 1 is 1.75 bits per heavy atom. The second-order valence-electron chi connectivity index (χ2n) is 2.80. The largest absolute Gasteiger partial charge is 0.293 e. The summed E-state index contributed by atoms with van der Waals surface area (Å²) in [5, 5.41) is 1.94. The third kappa shape index (κ3) is 2.17. The first-order valence-electron chi connectivity index (χ1n) is 3.93. The van der Waals surface area contributed by atoms with Crippen molar-refractivity contribution < 1.29 is 4.79 Å². The molecule has 0 aliphatic rings. The summed E-state index contributed by atoms with van der Waals surface area (Å²) in [6, 6.07) is 1.89. The first-order chi connectivity index (χ1) is 5.65. The molecule has 1 aromatic heterocycles. The van der Waals surface area contributed by atoms with Gasteiger partial charge >= 0.3 is 0 Å². The third-order valence-electron chi connectivity index (χ3n) is 1.87. The zero-order chi connectivity index (χ0) is 9.14. The van der Waals surface area contributed by atoms with Crippen molar-refractivity contribution in [3.05, 3.63) is 20.8 Å². The minimum atomic E-state index is 0.149. The molecule has 3 heteroatoms. The van der Waals surface area contributed by atoms with E-state index in [9.17, 15) is 4.79 Å². The van der Waals surface area contributed by atoms with E-state index in [0.29, 0.717) is 0 Å². The van der Waals surface area contributed by atoms with Crippen LogP contribution in [0.5, 0.6) is 0 Å². The summed E-state index contributed by atoms with van der Waals surface area (Å²) < 4.78 is 0.999. The van der Waals surface area contributed by atoms with Crippen LogP contribution >= 0.6 is 27.3 Å². The number of halogens is 1. The Bertz CT molecular complexity index is 280. The standard InChI is InChI=1S/C9H11BrOS/c1-3-6(2)9(11)8-4-7(10)5-12-8/h4-6H,3H2,1-2H3. The van der Waals surface area contributed by atoms with Gasteiger partial charge in [-0.25, -0.2) is 0 Å². The highest BCUT2D eigenvalue weighted by Crippen LogP contribution is 2.23. The SMILES string of the molecule is CCC(C)C(=O)c1cc(Br)cs1. The molecule has 1 heterocycles. The van der Waals surface area contributed by atoms with Gasteiger partial charge in [0.2, 0.25) is 0 Å². The Kier molecular flexibility index (Phi) is 3.47. The summed E-state index contributed by atoms with van der Waals surface area (Å²) in [4.78, 5) is 12.4. The van der Waals surface area contributed by atoms with Crippen molar-refractivity contribution in [2.24, 2.45) is 5.92 Å². The zero-order valence-electron chi connectivity index (χ0n) is 7.13. The highest BCUT2D eigenvalue weighted by atomic mass is 79.9. The minimum absolute atomic E-state index is 0.149. The summed E-state index contributed by atoms with van der Waals surface area (Å²) in [5.41, 5.74) is 0. The van der Waals surface area contributed by atoms with Crippen LogP contribution in [0.25, 0.3) is 0 Å². The van der Waals surface area contributed by atoms with E-state index in [0.717, 1.165) is 15.8 Å². The zero-order valence-corrected chi connectivity index (χ0v) is 9.54. The van der Waals surface area contributed by atoms with Gasteiger partial charge in [0.25, 0.3) is 0 Å². The molecule has 0 amide bonds. The van der Waals surface area contributed by atoms with Gasteiger partial charge in [0.1, 0.15) is 0 Å². The molecule has 12 heavy (non-hydrogen) atoms. The van der Waals surface area contributed by atoms with E-state index >= 15 is 0 Å². The molecule has 1 nitrogen and oxygen atoms in total. The Morgan fingerprint density at radius 3 is 2.83 bits per heavy atom. The number of hydrogen-bond donors (Lipinski definition) is 0. The molecule has 1 aromatic rings. The Labute approximate surface area is 84.9 Å². The maximum absolute atomic E-state index is 11.6. The van der Waals surface area contributed by atoms with Gasteiger partial charge in [0, 0.05) is 15.8 Å². The van der Waals surface area contributed by atoms with E-state index in [2.05, 4.69) is 15.9 Å². The average molecular weight is 247 g/mol. The molecule has 0 saturated heterocycles. The van der Waals surface area contributed by atoms with Gasteiger partial charge in [-0.3, -0.25) is 4.79 Å². The number of thiophene rings is 1. The minimum Gasteiger partial charge on any atom is -0.293 e. The fourth-order valence-corrected chi connectivity index (χ4v) is 2.35. The quantitative estimate of drug-likeness (QED) is 0.743. The first-order valence-corrected chi connectivity index (χ1v) is 5.60. The monoisotopic (exact) mass is 246 g/mol. The van der Waals surface area contributed by atoms with Crippen LogP contribution in [0.2, 0.25) is 0 Å². The predicted molar refractivity (Wildman–Crippen MR) is 55.8 cm³/mol. The van der Waals surface area contributed by atoms with Crippen LogP contribution < -0.4 is 0 Å². The molecule has 1 rings (SSSR count). The van der Waals surface area contributed by atoms with E-state index in [1.807, 2.05) is 25.3 Å². The molecule has 0 aliphatic heterocycles. The number of rotatable bonds is 3. The lowest BCUT2D eigenvalue weighted by molar-refractivity contribution is 0.0931. The van der Waals surface area contributed by atoms with E-state index in [-0.39, 0.29) is 11.7 Å². The van der Waals surface area contributed by atoms with Crippen molar-refractivity contribution in [3.63, 3.8) is 0 Å². The maximum atomic E-state index is 11.6. The van der Waals surface area contributed by atoms with Crippen molar-refractivity contribution in [2.45, 2.75) is 20.3 Å². The normalized spacial score (nSPS) is 12.9. The Hall–Kier alpha value is -0.150. The number of Topliss-reactive ketones (excluding diaryl/α,β-unsaturated/α-hetero) is 1. The summed E-state index contributed by atoms with van der Waals surface area (Å²) in [6.45, 7) is 4.00. The van der Waals surface area contributed by atoms with Crippen LogP contribution in [0, 0.1) is 5.92 Å². The number of hydrogen-bond acceptors (Lipinski definition) is 2. The van der Waals surface area contributed by atoms with E-state index in [1.54, 1.807) is 0 Å². The number of carbonyl (C=O) groups is 1. The molecule has 0 bridgehead atoms. The molecule has 0 N–H and O–H groups in total. The summed E-state index contributed by atoms with van der Waals surface area (Å²) in [6.07, 6.45) is 0.911. The first kappa shape index (κ1) is 9.93.